The van der Waals surface area contributed by atoms with Crippen LogP contribution >= 0.6 is 0 Å². The van der Waals surface area contributed by atoms with Crippen molar-refractivity contribution in [1.82, 2.24) is 9.88 Å². The van der Waals surface area contributed by atoms with E-state index >= 15 is 0 Å². The van der Waals surface area contributed by atoms with Crippen LogP contribution in [-0.2, 0) is 16.0 Å². The first-order valence-electron chi connectivity index (χ1n) is 7.80. The predicted molar refractivity (Wildman–Crippen MR) is 78.7 cm³/mol. The molecule has 1 atom stereocenters. The molecule has 22 heavy (non-hydrogen) atoms. The first kappa shape index (κ1) is 14.8. The lowest BCUT2D eigenvalue weighted by atomic mass is 10.1. The number of carbonyl (C=O) groups excluding carboxylic acids is 2. The molecule has 0 radical (unpaired) electrons. The van der Waals surface area contributed by atoms with Crippen molar-refractivity contribution in [2.24, 2.45) is 0 Å². The number of hydrogen-bond acceptors (Lipinski definition) is 5. The fraction of sp³-hybridized carbons (Fsp3) is 0.562. The van der Waals surface area contributed by atoms with Crippen molar-refractivity contribution >= 4 is 11.9 Å². The van der Waals surface area contributed by atoms with Crippen molar-refractivity contribution in [2.75, 3.05) is 19.8 Å². The molecule has 0 bridgehead atoms. The molecule has 6 nitrogen and oxygen atoms in total. The lowest BCUT2D eigenvalue weighted by molar-refractivity contribution is -0.147. The molecule has 0 aliphatic carbocycles. The van der Waals surface area contributed by atoms with Crippen LogP contribution in [0, 0.1) is 0 Å². The van der Waals surface area contributed by atoms with Crippen molar-refractivity contribution in [2.45, 2.75) is 38.6 Å². The van der Waals surface area contributed by atoms with Crippen LogP contribution in [0.3, 0.4) is 0 Å². The number of rotatable bonds is 3. The van der Waals surface area contributed by atoms with E-state index in [4.69, 9.17) is 9.47 Å². The molecule has 0 saturated carbocycles. The third-order valence-corrected chi connectivity index (χ3v) is 4.09. The van der Waals surface area contributed by atoms with Crippen molar-refractivity contribution in [1.29, 1.82) is 0 Å². The fourth-order valence-corrected chi connectivity index (χ4v) is 3.01. The summed E-state index contributed by atoms with van der Waals surface area (Å²) in [6.45, 7) is 3.35. The van der Waals surface area contributed by atoms with E-state index in [1.54, 1.807) is 24.1 Å². The molecule has 1 fully saturated rings. The highest BCUT2D eigenvalue weighted by atomic mass is 16.5. The van der Waals surface area contributed by atoms with Gasteiger partial charge in [-0.25, -0.2) is 9.78 Å². The van der Waals surface area contributed by atoms with Gasteiger partial charge in [-0.15, -0.1) is 0 Å². The molecule has 1 aromatic heterocycles. The second kappa shape index (κ2) is 6.34. The van der Waals surface area contributed by atoms with Crippen molar-refractivity contribution in [3.8, 4) is 5.75 Å². The lowest BCUT2D eigenvalue weighted by Crippen LogP contribution is -2.41. The molecule has 1 saturated heterocycles. The summed E-state index contributed by atoms with van der Waals surface area (Å²) < 4.78 is 10.6. The van der Waals surface area contributed by atoms with E-state index in [9.17, 15) is 9.59 Å². The van der Waals surface area contributed by atoms with E-state index in [1.165, 1.54) is 0 Å². The number of esters is 1. The summed E-state index contributed by atoms with van der Waals surface area (Å²) in [4.78, 5) is 30.4. The molecule has 1 unspecified atom stereocenters. The molecule has 2 aliphatic rings. The molecule has 0 aromatic carbocycles. The summed E-state index contributed by atoms with van der Waals surface area (Å²) in [6.07, 6.45) is 4.90. The van der Waals surface area contributed by atoms with Crippen LogP contribution in [0.4, 0.5) is 0 Å². The summed E-state index contributed by atoms with van der Waals surface area (Å²) >= 11 is 0. The maximum absolute atomic E-state index is 12.7. The predicted octanol–water partition coefficient (Wildman–Crippen LogP) is 1.57. The summed E-state index contributed by atoms with van der Waals surface area (Å²) in [5, 5.41) is 0. The Balaban J connectivity index is 1.79. The van der Waals surface area contributed by atoms with E-state index in [0.717, 1.165) is 30.6 Å². The van der Waals surface area contributed by atoms with Crippen LogP contribution in [0.1, 0.15) is 42.2 Å². The molecule has 6 heteroatoms. The maximum Gasteiger partial charge on any atom is 0.328 e. The van der Waals surface area contributed by atoms with Gasteiger partial charge in [-0.2, -0.15) is 0 Å². The van der Waals surface area contributed by atoms with Gasteiger partial charge in [0.1, 0.15) is 17.5 Å². The van der Waals surface area contributed by atoms with Crippen molar-refractivity contribution in [3.63, 3.8) is 0 Å². The fourth-order valence-electron chi connectivity index (χ4n) is 3.01. The van der Waals surface area contributed by atoms with Gasteiger partial charge in [0, 0.05) is 6.54 Å². The number of hydrogen-bond donors (Lipinski definition) is 0. The summed E-state index contributed by atoms with van der Waals surface area (Å²) in [6, 6.07) is 1.30. The summed E-state index contributed by atoms with van der Waals surface area (Å²) in [7, 11) is 0. The smallest absolute Gasteiger partial charge is 0.328 e. The molecule has 1 aromatic rings. The number of nitrogens with zero attached hydrogens (tertiary/aromatic N) is 2. The molecule has 1 amide bonds. The Morgan fingerprint density at radius 1 is 1.45 bits per heavy atom. The van der Waals surface area contributed by atoms with Crippen LogP contribution in [0.15, 0.2) is 12.3 Å². The zero-order valence-electron chi connectivity index (χ0n) is 12.7. The first-order chi connectivity index (χ1) is 10.7. The second-order valence-electron chi connectivity index (χ2n) is 5.54. The van der Waals surface area contributed by atoms with Gasteiger partial charge in [-0.1, -0.05) is 0 Å². The van der Waals surface area contributed by atoms with Gasteiger partial charge in [0.25, 0.3) is 5.91 Å². The molecule has 3 rings (SSSR count). The van der Waals surface area contributed by atoms with Gasteiger partial charge in [0.05, 0.1) is 19.4 Å². The molecule has 0 spiro atoms. The highest BCUT2D eigenvalue weighted by Crippen LogP contribution is 2.26. The molecular weight excluding hydrogens is 284 g/mol. The molecule has 0 N–H and O–H groups in total. The summed E-state index contributed by atoms with van der Waals surface area (Å²) in [5.41, 5.74) is 1.39. The average Bonchev–Trinajstić information content (AvgIpc) is 3.03. The minimum atomic E-state index is -0.485. The monoisotopic (exact) mass is 304 g/mol. The van der Waals surface area contributed by atoms with E-state index < -0.39 is 6.04 Å². The SMILES string of the molecule is CCOC(=O)C1CCCN1C(=O)c1cc2c(cn1)OCCC2. The minimum absolute atomic E-state index is 0.205. The summed E-state index contributed by atoms with van der Waals surface area (Å²) in [5.74, 6) is 0.227. The third kappa shape index (κ3) is 2.77. The number of likely N-dealkylation sites (tertiary alicyclic amines) is 1. The second-order valence-corrected chi connectivity index (χ2v) is 5.54. The van der Waals surface area contributed by atoms with Gasteiger partial charge in [0.2, 0.25) is 0 Å². The Bertz CT molecular complexity index is 588. The van der Waals surface area contributed by atoms with Crippen LogP contribution in [0.5, 0.6) is 5.75 Å². The van der Waals surface area contributed by atoms with Crippen LogP contribution in [-0.4, -0.2) is 47.6 Å². The number of fused-ring (bicyclic) bond motifs is 1. The van der Waals surface area contributed by atoms with Gasteiger partial charge in [0.15, 0.2) is 0 Å². The van der Waals surface area contributed by atoms with Crippen LogP contribution in [0.25, 0.3) is 0 Å². The van der Waals surface area contributed by atoms with E-state index in [-0.39, 0.29) is 11.9 Å². The normalized spacial score (nSPS) is 20.2. The van der Waals surface area contributed by atoms with Crippen molar-refractivity contribution in [3.05, 3.63) is 23.5 Å². The molecular formula is C16H20N2O4. The van der Waals surface area contributed by atoms with Gasteiger partial charge in [-0.3, -0.25) is 4.79 Å². The van der Waals surface area contributed by atoms with E-state index in [0.29, 0.717) is 31.9 Å². The van der Waals surface area contributed by atoms with E-state index in [1.807, 2.05) is 0 Å². The number of pyridine rings is 1. The largest absolute Gasteiger partial charge is 0.492 e. The standard InChI is InChI=1S/C16H20N2O4/c1-2-21-16(20)13-6-3-7-18(13)15(19)12-9-11-5-4-8-22-14(11)10-17-12/h9-10,13H,2-8H2,1H3. The highest BCUT2D eigenvalue weighted by Gasteiger charge is 2.36. The molecule has 2 aliphatic heterocycles. The topological polar surface area (TPSA) is 68.7 Å². The first-order valence-corrected chi connectivity index (χ1v) is 7.80. The zero-order chi connectivity index (χ0) is 15.5. The Morgan fingerprint density at radius 3 is 3.14 bits per heavy atom. The Hall–Kier alpha value is -2.11. The van der Waals surface area contributed by atoms with Crippen LogP contribution in [0.2, 0.25) is 0 Å². The molecule has 3 heterocycles. The maximum atomic E-state index is 12.7. The zero-order valence-corrected chi connectivity index (χ0v) is 12.7. The van der Waals surface area contributed by atoms with Crippen molar-refractivity contribution < 1.29 is 19.1 Å². The van der Waals surface area contributed by atoms with Crippen LogP contribution < -0.4 is 4.74 Å². The Labute approximate surface area is 129 Å². The van der Waals surface area contributed by atoms with Gasteiger partial charge >= 0.3 is 5.97 Å². The number of carbonyl (C=O) groups is 2. The number of ether oxygens (including phenoxy) is 2. The highest BCUT2D eigenvalue weighted by molar-refractivity contribution is 5.95. The number of aryl methyl sites for hydroxylation is 1. The Kier molecular flexibility index (Phi) is 4.27. The van der Waals surface area contributed by atoms with Gasteiger partial charge in [-0.05, 0) is 44.2 Å². The van der Waals surface area contributed by atoms with Gasteiger partial charge < -0.3 is 14.4 Å². The Morgan fingerprint density at radius 2 is 2.32 bits per heavy atom. The molecule has 118 valence electrons. The minimum Gasteiger partial charge on any atom is -0.492 e. The quantitative estimate of drug-likeness (QED) is 0.793. The average molecular weight is 304 g/mol. The third-order valence-electron chi connectivity index (χ3n) is 4.09. The number of amides is 1. The lowest BCUT2D eigenvalue weighted by Gasteiger charge is -2.23. The number of aromatic nitrogens is 1. The van der Waals surface area contributed by atoms with E-state index in [2.05, 4.69) is 4.98 Å².